The lowest BCUT2D eigenvalue weighted by atomic mass is 10.1. The summed E-state index contributed by atoms with van der Waals surface area (Å²) in [5, 5.41) is 11.9. The molecule has 0 bridgehead atoms. The van der Waals surface area contributed by atoms with Gasteiger partial charge >= 0.3 is 0 Å². The van der Waals surface area contributed by atoms with Gasteiger partial charge in [0.25, 0.3) is 5.91 Å². The van der Waals surface area contributed by atoms with Crippen LogP contribution in [0.4, 0.5) is 8.78 Å². The van der Waals surface area contributed by atoms with Crippen molar-refractivity contribution in [3.63, 3.8) is 0 Å². The van der Waals surface area contributed by atoms with Gasteiger partial charge < -0.3 is 10.2 Å². The molecular weight excluding hydrogens is 240 g/mol. The molecule has 0 saturated carbocycles. The van der Waals surface area contributed by atoms with Crippen LogP contribution >= 0.6 is 0 Å². The standard InChI is InChI=1S/C12H11F2N3O/c13-8-1-2-10(11(14)5-8)12(18)17-4-3-16-7-9(17)6-15/h1-2,5,9,16H,3-4,7H2. The van der Waals surface area contributed by atoms with Crippen molar-refractivity contribution in [2.24, 2.45) is 0 Å². The van der Waals surface area contributed by atoms with Crippen LogP contribution in [-0.4, -0.2) is 36.5 Å². The zero-order valence-corrected chi connectivity index (χ0v) is 9.49. The van der Waals surface area contributed by atoms with Crippen LogP contribution in [0, 0.1) is 23.0 Å². The van der Waals surface area contributed by atoms with Gasteiger partial charge in [-0.25, -0.2) is 8.78 Å². The van der Waals surface area contributed by atoms with Gasteiger partial charge in [-0.15, -0.1) is 0 Å². The minimum atomic E-state index is -0.907. The van der Waals surface area contributed by atoms with E-state index >= 15 is 0 Å². The molecule has 1 aromatic carbocycles. The molecule has 1 N–H and O–H groups in total. The summed E-state index contributed by atoms with van der Waals surface area (Å²) in [5.74, 6) is -2.23. The Labute approximate surface area is 103 Å². The smallest absolute Gasteiger partial charge is 0.257 e. The van der Waals surface area contributed by atoms with Crippen molar-refractivity contribution < 1.29 is 13.6 Å². The Bertz CT molecular complexity index is 513. The SMILES string of the molecule is N#CC1CNCCN1C(=O)c1ccc(F)cc1F. The van der Waals surface area contributed by atoms with Crippen molar-refractivity contribution in [1.82, 2.24) is 10.2 Å². The molecule has 1 heterocycles. The first-order valence-electron chi connectivity index (χ1n) is 5.50. The summed E-state index contributed by atoms with van der Waals surface area (Å²) >= 11 is 0. The molecule has 1 atom stereocenters. The predicted octanol–water partition coefficient (Wildman–Crippen LogP) is 0.902. The Hall–Kier alpha value is -2.00. The van der Waals surface area contributed by atoms with Crippen molar-refractivity contribution in [2.75, 3.05) is 19.6 Å². The van der Waals surface area contributed by atoms with Crippen molar-refractivity contribution in [2.45, 2.75) is 6.04 Å². The van der Waals surface area contributed by atoms with Crippen molar-refractivity contribution in [1.29, 1.82) is 5.26 Å². The van der Waals surface area contributed by atoms with Crippen LogP contribution < -0.4 is 5.32 Å². The van der Waals surface area contributed by atoms with Gasteiger partial charge in [0, 0.05) is 25.7 Å². The van der Waals surface area contributed by atoms with Gasteiger partial charge in [0.1, 0.15) is 17.7 Å². The van der Waals surface area contributed by atoms with Crippen LogP contribution in [0.1, 0.15) is 10.4 Å². The lowest BCUT2D eigenvalue weighted by Gasteiger charge is -2.32. The number of rotatable bonds is 1. The largest absolute Gasteiger partial charge is 0.320 e. The summed E-state index contributed by atoms with van der Waals surface area (Å²) in [6.45, 7) is 1.23. The highest BCUT2D eigenvalue weighted by Gasteiger charge is 2.28. The number of nitrogens with one attached hydrogen (secondary N) is 1. The number of nitriles is 1. The maximum absolute atomic E-state index is 13.5. The molecule has 1 amide bonds. The number of benzene rings is 1. The number of nitrogens with zero attached hydrogens (tertiary/aromatic N) is 2. The van der Waals surface area contributed by atoms with Crippen LogP contribution in [0.25, 0.3) is 0 Å². The molecular formula is C12H11F2N3O. The molecule has 94 valence electrons. The Kier molecular flexibility index (Phi) is 3.53. The van der Waals surface area contributed by atoms with Crippen LogP contribution in [-0.2, 0) is 0 Å². The fourth-order valence-electron chi connectivity index (χ4n) is 1.88. The van der Waals surface area contributed by atoms with Crippen molar-refractivity contribution >= 4 is 5.91 Å². The number of amides is 1. The van der Waals surface area contributed by atoms with E-state index in [0.29, 0.717) is 25.7 Å². The number of piperazine rings is 1. The molecule has 6 heteroatoms. The normalized spacial score (nSPS) is 19.4. The van der Waals surface area contributed by atoms with Crippen molar-refractivity contribution in [3.8, 4) is 6.07 Å². The lowest BCUT2D eigenvalue weighted by Crippen LogP contribution is -2.53. The lowest BCUT2D eigenvalue weighted by molar-refractivity contribution is 0.0682. The quantitative estimate of drug-likeness (QED) is 0.807. The first-order valence-corrected chi connectivity index (χ1v) is 5.50. The summed E-state index contributed by atoms with van der Waals surface area (Å²) in [6, 6.07) is 4.14. The highest BCUT2D eigenvalue weighted by Crippen LogP contribution is 2.14. The maximum Gasteiger partial charge on any atom is 0.257 e. The molecule has 0 aliphatic carbocycles. The topological polar surface area (TPSA) is 56.1 Å². The molecule has 0 radical (unpaired) electrons. The fourth-order valence-corrected chi connectivity index (χ4v) is 1.88. The van der Waals surface area contributed by atoms with Gasteiger partial charge in [0.15, 0.2) is 0 Å². The summed E-state index contributed by atoms with van der Waals surface area (Å²) in [7, 11) is 0. The zero-order valence-electron chi connectivity index (χ0n) is 9.49. The number of halogens is 2. The molecule has 1 aromatic rings. The van der Waals surface area contributed by atoms with E-state index in [1.165, 1.54) is 4.90 Å². The van der Waals surface area contributed by atoms with E-state index in [0.717, 1.165) is 12.1 Å². The third-order valence-electron chi connectivity index (χ3n) is 2.81. The number of hydrogen-bond acceptors (Lipinski definition) is 3. The second-order valence-electron chi connectivity index (χ2n) is 3.97. The van der Waals surface area contributed by atoms with E-state index in [9.17, 15) is 13.6 Å². The molecule has 0 spiro atoms. The Morgan fingerprint density at radius 1 is 1.50 bits per heavy atom. The van der Waals surface area contributed by atoms with Gasteiger partial charge in [-0.05, 0) is 12.1 Å². The van der Waals surface area contributed by atoms with Crippen LogP contribution in [0.15, 0.2) is 18.2 Å². The van der Waals surface area contributed by atoms with E-state index in [1.54, 1.807) is 0 Å². The molecule has 1 aliphatic rings. The van der Waals surface area contributed by atoms with E-state index in [4.69, 9.17) is 5.26 Å². The Balaban J connectivity index is 2.27. The average Bonchev–Trinajstić information content (AvgIpc) is 2.38. The third kappa shape index (κ3) is 2.31. The van der Waals surface area contributed by atoms with Gasteiger partial charge in [-0.3, -0.25) is 4.79 Å². The van der Waals surface area contributed by atoms with Gasteiger partial charge in [0.05, 0.1) is 11.6 Å². The highest BCUT2D eigenvalue weighted by molar-refractivity contribution is 5.95. The Morgan fingerprint density at radius 2 is 2.28 bits per heavy atom. The Morgan fingerprint density at radius 3 is 2.94 bits per heavy atom. The molecule has 2 rings (SSSR count). The van der Waals surface area contributed by atoms with Crippen LogP contribution in [0.3, 0.4) is 0 Å². The first kappa shape index (κ1) is 12.5. The molecule has 1 saturated heterocycles. The number of hydrogen-bond donors (Lipinski definition) is 1. The summed E-state index contributed by atoms with van der Waals surface area (Å²) in [4.78, 5) is 13.4. The zero-order chi connectivity index (χ0) is 13.1. The molecule has 0 aromatic heterocycles. The highest BCUT2D eigenvalue weighted by atomic mass is 19.1. The second kappa shape index (κ2) is 5.10. The summed E-state index contributed by atoms with van der Waals surface area (Å²) in [6.07, 6.45) is 0. The van der Waals surface area contributed by atoms with E-state index in [-0.39, 0.29) is 5.56 Å². The number of carbonyl (C=O) groups is 1. The molecule has 18 heavy (non-hydrogen) atoms. The maximum atomic E-state index is 13.5. The van der Waals surface area contributed by atoms with E-state index < -0.39 is 23.6 Å². The summed E-state index contributed by atoms with van der Waals surface area (Å²) in [5.41, 5.74) is -0.210. The fraction of sp³-hybridized carbons (Fsp3) is 0.333. The monoisotopic (exact) mass is 251 g/mol. The van der Waals surface area contributed by atoms with Crippen LogP contribution in [0.2, 0.25) is 0 Å². The third-order valence-corrected chi connectivity index (χ3v) is 2.81. The average molecular weight is 251 g/mol. The van der Waals surface area contributed by atoms with Gasteiger partial charge in [0.2, 0.25) is 0 Å². The minimum Gasteiger partial charge on any atom is -0.320 e. The van der Waals surface area contributed by atoms with Crippen molar-refractivity contribution in [3.05, 3.63) is 35.4 Å². The molecule has 4 nitrogen and oxygen atoms in total. The first-order chi connectivity index (χ1) is 8.63. The minimum absolute atomic E-state index is 0.210. The molecule has 1 aliphatic heterocycles. The number of carbonyl (C=O) groups excluding carboxylic acids is 1. The predicted molar refractivity (Wildman–Crippen MR) is 59.7 cm³/mol. The molecule has 1 unspecified atom stereocenters. The summed E-state index contributed by atoms with van der Waals surface area (Å²) < 4.78 is 26.3. The van der Waals surface area contributed by atoms with Crippen LogP contribution in [0.5, 0.6) is 0 Å². The molecule has 1 fully saturated rings. The second-order valence-corrected chi connectivity index (χ2v) is 3.97. The van der Waals surface area contributed by atoms with Gasteiger partial charge in [-0.1, -0.05) is 0 Å². The van der Waals surface area contributed by atoms with Gasteiger partial charge in [-0.2, -0.15) is 5.26 Å². The van der Waals surface area contributed by atoms with E-state index in [2.05, 4.69) is 5.32 Å². The van der Waals surface area contributed by atoms with E-state index in [1.807, 2.05) is 6.07 Å².